The van der Waals surface area contributed by atoms with Gasteiger partial charge < -0.3 is 67.3 Å². The summed E-state index contributed by atoms with van der Waals surface area (Å²) >= 11 is 0. The van der Waals surface area contributed by atoms with Crippen LogP contribution in [0.3, 0.4) is 0 Å². The van der Waals surface area contributed by atoms with Crippen molar-refractivity contribution in [3.63, 3.8) is 0 Å². The zero-order chi connectivity index (χ0) is 61.3. The van der Waals surface area contributed by atoms with Gasteiger partial charge in [-0.15, -0.1) is 0 Å². The number of hydrogen-bond acceptors (Lipinski definition) is 21. The van der Waals surface area contributed by atoms with Crippen molar-refractivity contribution in [2.45, 2.75) is 210 Å². The van der Waals surface area contributed by atoms with Crippen LogP contribution in [0.2, 0.25) is 0 Å². The van der Waals surface area contributed by atoms with Crippen LogP contribution in [0, 0.1) is 5.92 Å². The number of fused-ring (bicyclic) bond motifs is 2. The second-order valence-electron chi connectivity index (χ2n) is 23.4. The van der Waals surface area contributed by atoms with Gasteiger partial charge in [0, 0.05) is 57.0 Å². The number of imidazole rings is 1. The number of nitrogens with two attached hydrogens (primary N) is 1. The van der Waals surface area contributed by atoms with Gasteiger partial charge in [-0.2, -0.15) is 0 Å². The molecule has 4 aromatic rings. The van der Waals surface area contributed by atoms with E-state index in [1.807, 2.05) is 98.6 Å². The summed E-state index contributed by atoms with van der Waals surface area (Å²) in [4.78, 5) is 15.9. The molecule has 0 saturated carbocycles. The average Bonchev–Trinajstić information content (AvgIpc) is 3.00. The van der Waals surface area contributed by atoms with Crippen molar-refractivity contribution in [2.24, 2.45) is 16.6 Å². The number of guanidine groups is 1. The summed E-state index contributed by atoms with van der Waals surface area (Å²) in [5, 5.41) is 131. The number of aromatic amines is 1. The predicted molar refractivity (Wildman–Crippen MR) is 333 cm³/mol. The molecule has 0 radical (unpaired) electrons. The normalized spacial score (nSPS) is 26.6. The van der Waals surface area contributed by atoms with E-state index >= 15 is 0 Å². The first kappa shape index (κ1) is 69.6. The van der Waals surface area contributed by atoms with Crippen molar-refractivity contribution in [3.05, 3.63) is 95.3 Å². The first-order valence-electron chi connectivity index (χ1n) is 31.1. The number of aliphatic imine (C=N–C) groups is 1. The fraction of sp³-hybridized carbons (Fsp3) is 0.672. The van der Waals surface area contributed by atoms with Crippen LogP contribution in [-0.4, -0.2) is 199 Å². The summed E-state index contributed by atoms with van der Waals surface area (Å²) in [5.41, 5.74) is 11.4. The topological polar surface area (TPSA) is 364 Å². The number of β-amino-alcohol motifs (C(OH)–C–C–N with tert-alkyl or cyclic N) is 1. The van der Waals surface area contributed by atoms with Crippen molar-refractivity contribution >= 4 is 22.7 Å². The van der Waals surface area contributed by atoms with E-state index in [9.17, 15) is 46.0 Å². The Morgan fingerprint density at radius 3 is 2.13 bits per heavy atom. The number of benzene rings is 3. The van der Waals surface area contributed by atoms with Crippen LogP contribution >= 0.6 is 0 Å². The molecule has 21 N–H and O–H groups in total. The number of rotatable bonds is 30. The smallest absolute Gasteiger partial charge is 0.188 e. The van der Waals surface area contributed by atoms with Crippen LogP contribution in [0.5, 0.6) is 0 Å². The second-order valence-corrected chi connectivity index (χ2v) is 23.4. The molecule has 6 rings (SSSR count). The van der Waals surface area contributed by atoms with Crippen LogP contribution < -0.4 is 53.6 Å². The maximum absolute atomic E-state index is 11.9. The van der Waals surface area contributed by atoms with E-state index in [0.717, 1.165) is 71.3 Å². The fourth-order valence-electron chi connectivity index (χ4n) is 11.3. The Balaban J connectivity index is 0.920. The highest BCUT2D eigenvalue weighted by atomic mass is 16.3. The number of aliphatic hydroxyl groups excluding tert-OH is 9. The third-order valence-corrected chi connectivity index (χ3v) is 16.6. The summed E-state index contributed by atoms with van der Waals surface area (Å²) in [6.45, 7) is 9.12. The molecule has 478 valence electrons. The molecule has 0 aliphatic carbocycles. The molecule has 15 atom stereocenters. The number of nitrogens with zero attached hydrogens (tertiary/aromatic N) is 4. The number of aliphatic hydroxyl groups is 9. The number of nitrogens with one attached hydrogen (secondary N) is 10. The van der Waals surface area contributed by atoms with E-state index in [4.69, 9.17) is 5.73 Å². The predicted octanol–water partition coefficient (Wildman–Crippen LogP) is 0.968. The van der Waals surface area contributed by atoms with E-state index < -0.39 is 80.2 Å². The van der Waals surface area contributed by atoms with Gasteiger partial charge in [-0.05, 0) is 138 Å². The van der Waals surface area contributed by atoms with Crippen LogP contribution in [0.1, 0.15) is 133 Å². The Labute approximate surface area is 503 Å². The molecular weight excluding hydrogens is 1090 g/mol. The minimum absolute atomic E-state index is 0.0627. The molecule has 3 aromatic carbocycles. The Hall–Kier alpha value is -4.52. The van der Waals surface area contributed by atoms with Gasteiger partial charge in [0.15, 0.2) is 5.96 Å². The lowest BCUT2D eigenvalue weighted by Crippen LogP contribution is -2.62. The van der Waals surface area contributed by atoms with Crippen molar-refractivity contribution in [1.82, 2.24) is 62.3 Å². The molecule has 24 heteroatoms. The Bertz CT molecular complexity index is 2470. The summed E-state index contributed by atoms with van der Waals surface area (Å²) in [7, 11) is 3.45. The van der Waals surface area contributed by atoms with E-state index in [2.05, 4.69) is 74.6 Å². The van der Waals surface area contributed by atoms with Crippen molar-refractivity contribution < 1.29 is 46.0 Å². The highest BCUT2D eigenvalue weighted by Crippen LogP contribution is 2.30. The first-order chi connectivity index (χ1) is 41.0. The van der Waals surface area contributed by atoms with Crippen LogP contribution in [0.15, 0.2) is 77.8 Å². The van der Waals surface area contributed by atoms with Gasteiger partial charge in [0.25, 0.3) is 0 Å². The van der Waals surface area contributed by atoms with Crippen molar-refractivity contribution in [3.8, 4) is 0 Å². The number of anilines is 1. The molecule has 2 aliphatic rings. The summed E-state index contributed by atoms with van der Waals surface area (Å²) in [6.07, 6.45) is -0.322. The molecule has 0 bridgehead atoms. The third kappa shape index (κ3) is 22.9. The highest BCUT2D eigenvalue weighted by Gasteiger charge is 2.34. The number of hydrogen-bond donors (Lipinski definition) is 20. The number of aromatic nitrogens is 2. The van der Waals surface area contributed by atoms with Crippen molar-refractivity contribution in [2.75, 3.05) is 52.1 Å². The molecular formula is C61H105N15O9. The van der Waals surface area contributed by atoms with E-state index in [0.29, 0.717) is 97.1 Å². The van der Waals surface area contributed by atoms with Crippen LogP contribution in [0.4, 0.5) is 5.69 Å². The van der Waals surface area contributed by atoms with Gasteiger partial charge in [0.1, 0.15) is 61.9 Å². The Kier molecular flexibility index (Phi) is 30.0. The standard InChI is InChI=1S/C61H105N15O9/c1-6-43-56(81)74-50(34-40-20-11-10-12-21-40)58(83)73-49(57(82)72-48(25-19-32-66-61(62)63-4)55(80)67-36-53(78)71-43)24-15-17-30-64-52(77)29-26-39(3)54(79)65-31-16-8-9-18-33-76-37-42-35-41(27-28-45(42)68-44(7-2)60(76)85)59(84)75(5)38-51-69-46-22-13-14-23-47(46)70-51/h10-14,20-23,27-28,35,39,43-44,48-50,52-60,64-65,67-68,71-74,77-85H,6-9,15-19,24-26,29-34,36-38H2,1-5H3,(H,69,70)(H3,62,63,66)/t39-,43+,44+,48?,49+,50-,52-,53-,54-,55-,56-,57-,58-,59+,60+/m1/s1. The number of para-hydroxylation sites is 2. The van der Waals surface area contributed by atoms with Gasteiger partial charge in [-0.25, -0.2) is 4.98 Å². The molecule has 1 aromatic heterocycles. The SMILES string of the molecule is CC[C@@H]1N[C@H](O)CN[C@H](O)C(CCCNC(N)=NC)N[C@H](O)[C@H](CCCCN[C@H](O)CC[C@@H](C)[C@@H](O)NCCCCCCN2Cc3cc([C@H](O)N(C)Cc4nc5ccccc5[nH]4)ccc3N[C@@H](CC)[C@@H]2O)N[C@H](O)[C@@H](Cc2ccccc2)N[C@@H]1O. The molecule has 85 heavy (non-hydrogen) atoms. The average molecular weight is 1190 g/mol. The molecule has 1 unspecified atom stereocenters. The summed E-state index contributed by atoms with van der Waals surface area (Å²) < 4.78 is 0. The Morgan fingerprint density at radius 2 is 1.39 bits per heavy atom. The van der Waals surface area contributed by atoms with Gasteiger partial charge in [0.05, 0.1) is 29.7 Å². The zero-order valence-corrected chi connectivity index (χ0v) is 50.8. The Morgan fingerprint density at radius 1 is 0.729 bits per heavy atom. The quantitative estimate of drug-likeness (QED) is 0.0150. The molecule has 0 spiro atoms. The maximum atomic E-state index is 11.9. The monoisotopic (exact) mass is 1190 g/mol. The zero-order valence-electron chi connectivity index (χ0n) is 50.8. The lowest BCUT2D eigenvalue weighted by Gasteiger charge is -2.35. The molecule has 1 saturated heterocycles. The lowest BCUT2D eigenvalue weighted by molar-refractivity contribution is -0.0149. The molecule has 1 fully saturated rings. The number of H-pyrrole nitrogens is 1. The second kappa shape index (κ2) is 36.7. The third-order valence-electron chi connectivity index (χ3n) is 16.6. The van der Waals surface area contributed by atoms with Gasteiger partial charge in [0.2, 0.25) is 0 Å². The largest absolute Gasteiger partial charge is 0.379 e. The fourth-order valence-corrected chi connectivity index (χ4v) is 11.3. The highest BCUT2D eigenvalue weighted by molar-refractivity contribution is 5.77. The van der Waals surface area contributed by atoms with Crippen LogP contribution in [0.25, 0.3) is 11.0 Å². The molecule has 0 amide bonds. The van der Waals surface area contributed by atoms with Gasteiger partial charge in [-0.3, -0.25) is 52.0 Å². The van der Waals surface area contributed by atoms with E-state index in [1.165, 1.54) is 0 Å². The van der Waals surface area contributed by atoms with Gasteiger partial charge >= 0.3 is 0 Å². The van der Waals surface area contributed by atoms with E-state index in [-0.39, 0.29) is 24.5 Å². The minimum Gasteiger partial charge on any atom is -0.379 e. The molecule has 3 heterocycles. The first-order valence-corrected chi connectivity index (χ1v) is 31.1. The summed E-state index contributed by atoms with van der Waals surface area (Å²) in [5.74, 6) is 0.944. The van der Waals surface area contributed by atoms with Gasteiger partial charge in [-0.1, -0.05) is 88.6 Å². The minimum atomic E-state index is -1.26. The molecule has 24 nitrogen and oxygen atoms in total. The van der Waals surface area contributed by atoms with Crippen LogP contribution in [-0.2, 0) is 19.5 Å². The van der Waals surface area contributed by atoms with E-state index in [1.54, 1.807) is 7.05 Å². The molecule has 2 aliphatic heterocycles. The summed E-state index contributed by atoms with van der Waals surface area (Å²) in [6, 6.07) is 20.5. The lowest BCUT2D eigenvalue weighted by atomic mass is 10.0. The van der Waals surface area contributed by atoms with Crippen molar-refractivity contribution in [1.29, 1.82) is 0 Å². The number of unbranched alkanes of at least 4 members (excludes halogenated alkanes) is 4. The maximum Gasteiger partial charge on any atom is 0.188 e.